The molecule has 0 aliphatic heterocycles. The first-order valence-corrected chi connectivity index (χ1v) is 5.61. The fourth-order valence-corrected chi connectivity index (χ4v) is 1.37. The van der Waals surface area contributed by atoms with Crippen LogP contribution in [0.3, 0.4) is 0 Å². The van der Waals surface area contributed by atoms with Crippen molar-refractivity contribution in [3.63, 3.8) is 0 Å². The number of nitrogens with two attached hydrogens (primary N) is 1. The van der Waals surface area contributed by atoms with E-state index >= 15 is 0 Å². The van der Waals surface area contributed by atoms with Gasteiger partial charge in [0, 0.05) is 18.2 Å². The molecule has 0 aliphatic rings. The predicted molar refractivity (Wildman–Crippen MR) is 73.6 cm³/mol. The van der Waals surface area contributed by atoms with Gasteiger partial charge in [-0.2, -0.15) is 0 Å². The quantitative estimate of drug-likeness (QED) is 0.867. The summed E-state index contributed by atoms with van der Waals surface area (Å²) in [5, 5.41) is 2.86. The van der Waals surface area contributed by atoms with Gasteiger partial charge in [0.15, 0.2) is 0 Å². The zero-order chi connectivity index (χ0) is 12.1. The molecule has 0 saturated heterocycles. The van der Waals surface area contributed by atoms with E-state index in [1.165, 1.54) is 0 Å². The average molecular weight is 257 g/mol. The number of rotatable bonds is 4. The Morgan fingerprint density at radius 3 is 2.47 bits per heavy atom. The number of hydrogen-bond donors (Lipinski definition) is 2. The lowest BCUT2D eigenvalue weighted by molar-refractivity contribution is 0.0948. The van der Waals surface area contributed by atoms with E-state index in [-0.39, 0.29) is 24.4 Å². The molecule has 1 atom stereocenters. The van der Waals surface area contributed by atoms with Crippen LogP contribution in [0, 0.1) is 12.8 Å². The van der Waals surface area contributed by atoms with E-state index in [1.54, 1.807) is 0 Å². The van der Waals surface area contributed by atoms with Crippen molar-refractivity contribution in [3.05, 3.63) is 35.4 Å². The first-order chi connectivity index (χ1) is 7.52. The lowest BCUT2D eigenvalue weighted by Gasteiger charge is -2.16. The summed E-state index contributed by atoms with van der Waals surface area (Å²) in [6, 6.07) is 7.55. The van der Waals surface area contributed by atoms with Gasteiger partial charge in [-0.05, 0) is 24.5 Å². The summed E-state index contributed by atoms with van der Waals surface area (Å²) in [4.78, 5) is 11.8. The number of hydrogen-bond acceptors (Lipinski definition) is 2. The molecular formula is C13H21ClN2O. The first-order valence-electron chi connectivity index (χ1n) is 5.61. The van der Waals surface area contributed by atoms with Crippen molar-refractivity contribution in [3.8, 4) is 0 Å². The van der Waals surface area contributed by atoms with Crippen LogP contribution in [-0.2, 0) is 0 Å². The van der Waals surface area contributed by atoms with E-state index in [2.05, 4.69) is 5.32 Å². The third kappa shape index (κ3) is 4.75. The number of halogens is 1. The van der Waals surface area contributed by atoms with Crippen molar-refractivity contribution in [1.29, 1.82) is 0 Å². The highest BCUT2D eigenvalue weighted by molar-refractivity contribution is 5.95. The molecule has 1 rings (SSSR count). The monoisotopic (exact) mass is 256 g/mol. The minimum atomic E-state index is -0.0470. The zero-order valence-corrected chi connectivity index (χ0v) is 11.4. The molecule has 0 aromatic heterocycles. The number of carbonyl (C=O) groups is 1. The van der Waals surface area contributed by atoms with Gasteiger partial charge in [-0.3, -0.25) is 4.79 Å². The molecule has 3 nitrogen and oxygen atoms in total. The molecular weight excluding hydrogens is 236 g/mol. The second-order valence-corrected chi connectivity index (χ2v) is 4.43. The summed E-state index contributed by atoms with van der Waals surface area (Å²) in [5.41, 5.74) is 7.57. The molecule has 4 heteroatoms. The maximum absolute atomic E-state index is 11.8. The Hall–Kier alpha value is -1.06. The summed E-state index contributed by atoms with van der Waals surface area (Å²) in [5.74, 6) is 0.325. The van der Waals surface area contributed by atoms with E-state index in [4.69, 9.17) is 5.73 Å². The minimum Gasteiger partial charge on any atom is -0.350 e. The number of carbonyl (C=O) groups excluding carboxylic acids is 1. The Bertz CT molecular complexity index is 366. The largest absolute Gasteiger partial charge is 0.350 e. The van der Waals surface area contributed by atoms with Gasteiger partial charge < -0.3 is 11.1 Å². The first kappa shape index (κ1) is 15.9. The van der Waals surface area contributed by atoms with Gasteiger partial charge >= 0.3 is 0 Å². The fourth-order valence-electron chi connectivity index (χ4n) is 1.37. The van der Waals surface area contributed by atoms with Crippen LogP contribution in [0.15, 0.2) is 24.3 Å². The van der Waals surface area contributed by atoms with Gasteiger partial charge in [0.2, 0.25) is 0 Å². The van der Waals surface area contributed by atoms with E-state index in [1.807, 2.05) is 45.0 Å². The molecule has 0 unspecified atom stereocenters. The van der Waals surface area contributed by atoms with E-state index in [0.717, 1.165) is 11.1 Å². The highest BCUT2D eigenvalue weighted by Gasteiger charge is 2.11. The number of nitrogens with one attached hydrogen (secondary N) is 1. The van der Waals surface area contributed by atoms with Crippen molar-refractivity contribution in [2.75, 3.05) is 6.54 Å². The zero-order valence-electron chi connectivity index (χ0n) is 10.6. The molecule has 0 saturated carbocycles. The Labute approximate surface area is 109 Å². The highest BCUT2D eigenvalue weighted by atomic mass is 35.5. The van der Waals surface area contributed by atoms with Gasteiger partial charge in [0.1, 0.15) is 0 Å². The number of aryl methyl sites for hydroxylation is 1. The number of benzene rings is 1. The maximum Gasteiger partial charge on any atom is 0.251 e. The second-order valence-electron chi connectivity index (χ2n) is 4.43. The van der Waals surface area contributed by atoms with E-state index in [0.29, 0.717) is 12.5 Å². The average Bonchev–Trinajstić information content (AvgIpc) is 2.25. The van der Waals surface area contributed by atoms with Crippen LogP contribution in [0.25, 0.3) is 0 Å². The predicted octanol–water partition coefficient (Wildman–Crippen LogP) is 2.13. The van der Waals surface area contributed by atoms with Crippen LogP contribution in [0.4, 0.5) is 0 Å². The second kappa shape index (κ2) is 7.30. The highest BCUT2D eigenvalue weighted by Crippen LogP contribution is 2.06. The molecule has 1 aromatic carbocycles. The Kier molecular flexibility index (Phi) is 6.85. The van der Waals surface area contributed by atoms with Gasteiger partial charge in [0.05, 0.1) is 0 Å². The van der Waals surface area contributed by atoms with Crippen molar-refractivity contribution in [1.82, 2.24) is 5.32 Å². The normalized spacial score (nSPS) is 11.8. The summed E-state index contributed by atoms with van der Waals surface area (Å²) in [6.07, 6.45) is 0. The minimum absolute atomic E-state index is 0. The van der Waals surface area contributed by atoms with Crippen molar-refractivity contribution >= 4 is 18.3 Å². The third-order valence-electron chi connectivity index (χ3n) is 2.74. The van der Waals surface area contributed by atoms with Crippen LogP contribution in [0.2, 0.25) is 0 Å². The Balaban J connectivity index is 0.00000256. The smallest absolute Gasteiger partial charge is 0.251 e. The lowest BCUT2D eigenvalue weighted by Crippen LogP contribution is -2.40. The summed E-state index contributed by atoms with van der Waals surface area (Å²) < 4.78 is 0. The maximum atomic E-state index is 11.8. The summed E-state index contributed by atoms with van der Waals surface area (Å²) in [6.45, 7) is 6.54. The molecule has 96 valence electrons. The Morgan fingerprint density at radius 1 is 1.35 bits per heavy atom. The SMILES string of the molecule is Cc1ccccc1C(=O)NC[C@H](N)C(C)C.Cl. The molecule has 1 amide bonds. The van der Waals surface area contributed by atoms with Gasteiger partial charge in [-0.25, -0.2) is 0 Å². The number of amides is 1. The standard InChI is InChI=1S/C13H20N2O.ClH/c1-9(2)12(14)8-15-13(16)11-7-5-4-6-10(11)3;/h4-7,9,12H,8,14H2,1-3H3,(H,15,16);1H/t12-;/m0./s1. The molecule has 0 bridgehead atoms. The van der Waals surface area contributed by atoms with Crippen LogP contribution < -0.4 is 11.1 Å². The van der Waals surface area contributed by atoms with Crippen LogP contribution >= 0.6 is 12.4 Å². The molecule has 0 aliphatic carbocycles. The molecule has 0 fully saturated rings. The van der Waals surface area contributed by atoms with Gasteiger partial charge in [-0.1, -0.05) is 32.0 Å². The Morgan fingerprint density at radius 2 is 1.94 bits per heavy atom. The fraction of sp³-hybridized carbons (Fsp3) is 0.462. The topological polar surface area (TPSA) is 55.1 Å². The van der Waals surface area contributed by atoms with Crippen LogP contribution in [0.5, 0.6) is 0 Å². The van der Waals surface area contributed by atoms with Crippen LogP contribution in [-0.4, -0.2) is 18.5 Å². The molecule has 1 aromatic rings. The van der Waals surface area contributed by atoms with Gasteiger partial charge in [-0.15, -0.1) is 12.4 Å². The molecule has 0 radical (unpaired) electrons. The van der Waals surface area contributed by atoms with Crippen molar-refractivity contribution in [2.24, 2.45) is 11.7 Å². The molecule has 0 heterocycles. The lowest BCUT2D eigenvalue weighted by atomic mass is 10.0. The molecule has 17 heavy (non-hydrogen) atoms. The van der Waals surface area contributed by atoms with E-state index in [9.17, 15) is 4.79 Å². The van der Waals surface area contributed by atoms with Crippen molar-refractivity contribution in [2.45, 2.75) is 26.8 Å². The van der Waals surface area contributed by atoms with E-state index < -0.39 is 0 Å². The summed E-state index contributed by atoms with van der Waals surface area (Å²) in [7, 11) is 0. The molecule has 0 spiro atoms. The van der Waals surface area contributed by atoms with Crippen molar-refractivity contribution < 1.29 is 4.79 Å². The summed E-state index contributed by atoms with van der Waals surface area (Å²) >= 11 is 0. The van der Waals surface area contributed by atoms with Gasteiger partial charge in [0.25, 0.3) is 5.91 Å². The van der Waals surface area contributed by atoms with Crippen LogP contribution in [0.1, 0.15) is 29.8 Å². The molecule has 3 N–H and O–H groups in total. The third-order valence-corrected chi connectivity index (χ3v) is 2.74.